The molecule has 0 spiro atoms. The Hall–Kier alpha value is -4.43. The molecule has 2 aliphatic heterocycles. The third-order valence-corrected chi connectivity index (χ3v) is 7.87. The number of likely N-dealkylation sites (tertiary alicyclic amines) is 1. The number of anilines is 5. The first-order valence-electron chi connectivity index (χ1n) is 14.2. The number of halogens is 2. The molecule has 0 radical (unpaired) electrons. The number of aliphatic hydroxyl groups is 1. The molecular weight excluding hydrogens is 609 g/mol. The molecule has 45 heavy (non-hydrogen) atoms. The largest absolute Gasteiger partial charge is 0.494 e. The molecule has 1 amide bonds. The number of nitrogens with zero attached hydrogens (tertiary/aromatic N) is 5. The van der Waals surface area contributed by atoms with E-state index >= 15 is 0 Å². The highest BCUT2D eigenvalue weighted by atomic mass is 35.5. The number of aromatic nitrogens is 2. The second-order valence-electron chi connectivity index (χ2n) is 12.5. The zero-order valence-electron chi connectivity index (χ0n) is 25.7. The van der Waals surface area contributed by atoms with Crippen LogP contribution in [0.3, 0.4) is 0 Å². The Morgan fingerprint density at radius 3 is 2.51 bits per heavy atom. The maximum absolute atomic E-state index is 14.2. The van der Waals surface area contributed by atoms with Crippen molar-refractivity contribution < 1.29 is 28.7 Å². The zero-order chi connectivity index (χ0) is 32.8. The molecular formula is C30H35ClFN7O6. The van der Waals surface area contributed by atoms with Crippen molar-refractivity contribution in [2.75, 3.05) is 42.3 Å². The van der Waals surface area contributed by atoms with Crippen molar-refractivity contribution in [1.82, 2.24) is 14.9 Å². The van der Waals surface area contributed by atoms with Crippen LogP contribution in [-0.2, 0) is 10.3 Å². The molecule has 3 N–H and O–H groups in total. The Kier molecular flexibility index (Phi) is 8.40. The molecule has 2 fully saturated rings. The molecule has 0 unspecified atom stereocenters. The van der Waals surface area contributed by atoms with E-state index in [1.165, 1.54) is 39.3 Å². The molecule has 2 aliphatic rings. The van der Waals surface area contributed by atoms with Gasteiger partial charge in [0.2, 0.25) is 5.95 Å². The monoisotopic (exact) mass is 643 g/mol. The van der Waals surface area contributed by atoms with E-state index in [0.29, 0.717) is 36.8 Å². The Balaban J connectivity index is 1.38. The fourth-order valence-corrected chi connectivity index (χ4v) is 5.65. The van der Waals surface area contributed by atoms with Crippen LogP contribution < -0.4 is 20.3 Å². The fourth-order valence-electron chi connectivity index (χ4n) is 5.49. The van der Waals surface area contributed by atoms with Gasteiger partial charge in [0.25, 0.3) is 5.69 Å². The number of nitrogens with one attached hydrogen (secondary N) is 2. The number of hydrogen-bond donors (Lipinski definition) is 3. The van der Waals surface area contributed by atoms with E-state index in [4.69, 9.17) is 21.1 Å². The van der Waals surface area contributed by atoms with E-state index in [1.807, 2.05) is 4.90 Å². The van der Waals surface area contributed by atoms with Gasteiger partial charge in [-0.2, -0.15) is 4.98 Å². The Morgan fingerprint density at radius 1 is 1.13 bits per heavy atom. The first-order chi connectivity index (χ1) is 21.0. The van der Waals surface area contributed by atoms with Gasteiger partial charge >= 0.3 is 6.09 Å². The standard InChI is InChI=1S/C30H35ClFN7O6/c1-29(2,3)45-28(40)38-14-16-13-37(15-24(16)38)22-12-25(44-6)21(11-23(22)39(42)43)35-27-33-8-7-26(36-27)34-20-10-18(31)19(32)9-17(20)30(4,5)41/h7-12,16,24,41H,13-15H2,1-6H3,(H2,33,34,35,36)/t16-,24-/m1/s1. The third-order valence-electron chi connectivity index (χ3n) is 7.58. The maximum Gasteiger partial charge on any atom is 0.410 e. The quantitative estimate of drug-likeness (QED) is 0.197. The first kappa shape index (κ1) is 32.0. The van der Waals surface area contributed by atoms with Gasteiger partial charge < -0.3 is 35.0 Å². The fraction of sp³-hybridized carbons (Fsp3) is 0.433. The van der Waals surface area contributed by atoms with Crippen LogP contribution >= 0.6 is 11.6 Å². The molecule has 15 heteroatoms. The lowest BCUT2D eigenvalue weighted by molar-refractivity contribution is -0.384. The molecule has 2 saturated heterocycles. The number of methoxy groups -OCH3 is 1. The highest BCUT2D eigenvalue weighted by Gasteiger charge is 2.50. The summed E-state index contributed by atoms with van der Waals surface area (Å²) in [5.41, 5.74) is -0.958. The summed E-state index contributed by atoms with van der Waals surface area (Å²) in [6, 6.07) is 6.89. The van der Waals surface area contributed by atoms with Crippen LogP contribution in [0.25, 0.3) is 0 Å². The smallest absolute Gasteiger partial charge is 0.410 e. The number of nitro benzene ring substituents is 1. The Morgan fingerprint density at radius 2 is 1.87 bits per heavy atom. The first-order valence-corrected chi connectivity index (χ1v) is 14.6. The van der Waals surface area contributed by atoms with Crippen LogP contribution in [0.2, 0.25) is 5.02 Å². The van der Waals surface area contributed by atoms with E-state index in [1.54, 1.807) is 37.8 Å². The minimum absolute atomic E-state index is 0.0885. The SMILES string of the molecule is COc1cc(N2C[C@@H]3CN(C(=O)OC(C)(C)C)[C@@H]3C2)c([N+](=O)[O-])cc1Nc1nccc(Nc2cc(Cl)c(F)cc2C(C)(C)O)n1. The average Bonchev–Trinajstić information content (AvgIpc) is 3.24. The van der Waals surface area contributed by atoms with Crippen LogP contribution in [-0.4, -0.2) is 69.4 Å². The lowest BCUT2D eigenvalue weighted by Crippen LogP contribution is -2.59. The van der Waals surface area contributed by atoms with E-state index in [0.717, 1.165) is 6.07 Å². The van der Waals surface area contributed by atoms with Crippen molar-refractivity contribution in [1.29, 1.82) is 0 Å². The number of rotatable bonds is 8. The summed E-state index contributed by atoms with van der Waals surface area (Å²) in [6.07, 6.45) is 1.06. The summed E-state index contributed by atoms with van der Waals surface area (Å²) in [6.45, 7) is 9.92. The van der Waals surface area contributed by atoms with Crippen molar-refractivity contribution >= 4 is 52.2 Å². The van der Waals surface area contributed by atoms with Gasteiger partial charge in [-0.1, -0.05) is 11.6 Å². The predicted octanol–water partition coefficient (Wildman–Crippen LogP) is 5.96. The number of benzene rings is 2. The lowest BCUT2D eigenvalue weighted by Gasteiger charge is -2.43. The van der Waals surface area contributed by atoms with E-state index < -0.39 is 28.0 Å². The number of nitro groups is 1. The van der Waals surface area contributed by atoms with Gasteiger partial charge in [0.1, 0.15) is 28.7 Å². The molecule has 13 nitrogen and oxygen atoms in total. The molecule has 240 valence electrons. The van der Waals surface area contributed by atoms with Crippen molar-refractivity contribution in [2.24, 2.45) is 5.92 Å². The van der Waals surface area contributed by atoms with Crippen LogP contribution in [0.4, 0.5) is 43.7 Å². The summed E-state index contributed by atoms with van der Waals surface area (Å²) >= 11 is 6.00. The number of ether oxygens (including phenoxy) is 2. The van der Waals surface area contributed by atoms with Gasteiger partial charge in [-0.3, -0.25) is 10.1 Å². The molecule has 0 aliphatic carbocycles. The van der Waals surface area contributed by atoms with Crippen LogP contribution in [0.5, 0.6) is 5.75 Å². The highest BCUT2D eigenvalue weighted by molar-refractivity contribution is 6.31. The number of hydrogen-bond acceptors (Lipinski definition) is 11. The van der Waals surface area contributed by atoms with Crippen molar-refractivity contribution in [3.63, 3.8) is 0 Å². The molecule has 1 aromatic heterocycles. The summed E-state index contributed by atoms with van der Waals surface area (Å²) in [4.78, 5) is 36.6. The van der Waals surface area contributed by atoms with Gasteiger partial charge in [0, 0.05) is 55.1 Å². The van der Waals surface area contributed by atoms with Crippen LogP contribution in [0, 0.1) is 21.8 Å². The lowest BCUT2D eigenvalue weighted by atomic mass is 9.93. The molecule has 2 aromatic carbocycles. The molecule has 3 aromatic rings. The summed E-state index contributed by atoms with van der Waals surface area (Å²) in [5.74, 6) is 0.176. The van der Waals surface area contributed by atoms with Crippen molar-refractivity contribution in [3.05, 3.63) is 63.0 Å². The van der Waals surface area contributed by atoms with Gasteiger partial charge in [0.05, 0.1) is 34.4 Å². The minimum Gasteiger partial charge on any atom is -0.494 e. The molecule has 3 heterocycles. The van der Waals surface area contributed by atoms with Crippen molar-refractivity contribution in [3.8, 4) is 5.75 Å². The van der Waals surface area contributed by atoms with Crippen LogP contribution in [0.15, 0.2) is 36.5 Å². The molecule has 0 bridgehead atoms. The number of carbonyl (C=O) groups excluding carboxylic acids is 1. The van der Waals surface area contributed by atoms with E-state index in [9.17, 15) is 24.4 Å². The topological polar surface area (TPSA) is 155 Å². The summed E-state index contributed by atoms with van der Waals surface area (Å²) in [7, 11) is 1.45. The summed E-state index contributed by atoms with van der Waals surface area (Å²) in [5, 5.41) is 28.7. The van der Waals surface area contributed by atoms with Gasteiger partial charge in [-0.25, -0.2) is 14.2 Å². The van der Waals surface area contributed by atoms with E-state index in [2.05, 4.69) is 20.6 Å². The predicted molar refractivity (Wildman–Crippen MR) is 167 cm³/mol. The highest BCUT2D eigenvalue weighted by Crippen LogP contribution is 2.44. The van der Waals surface area contributed by atoms with Gasteiger partial charge in [-0.05, 0) is 52.8 Å². The number of fused-ring (bicyclic) bond motifs is 1. The third kappa shape index (κ3) is 6.81. The van der Waals surface area contributed by atoms with Crippen molar-refractivity contribution in [2.45, 2.75) is 51.9 Å². The zero-order valence-corrected chi connectivity index (χ0v) is 26.5. The van der Waals surface area contributed by atoms with Gasteiger partial charge in [-0.15, -0.1) is 0 Å². The Labute approximate surface area is 264 Å². The van der Waals surface area contributed by atoms with Crippen LogP contribution in [0.1, 0.15) is 40.2 Å². The number of carbonyl (C=O) groups is 1. The van der Waals surface area contributed by atoms with E-state index in [-0.39, 0.29) is 45.7 Å². The minimum atomic E-state index is -1.39. The second kappa shape index (κ2) is 11.8. The number of amides is 1. The normalized spacial score (nSPS) is 17.8. The molecule has 5 rings (SSSR count). The average molecular weight is 644 g/mol. The Bertz CT molecular complexity index is 1640. The maximum atomic E-state index is 14.2. The summed E-state index contributed by atoms with van der Waals surface area (Å²) < 4.78 is 25.3. The molecule has 2 atom stereocenters. The second-order valence-corrected chi connectivity index (χ2v) is 13.0. The van der Waals surface area contributed by atoms with Gasteiger partial charge in [0.15, 0.2) is 0 Å². The molecule has 0 saturated carbocycles.